The highest BCUT2D eigenvalue weighted by atomic mass is 19.3. The number of para-hydroxylation sites is 2. The van der Waals surface area contributed by atoms with Crippen molar-refractivity contribution in [1.29, 1.82) is 0 Å². The molecule has 1 nitrogen and oxygen atoms in total. The summed E-state index contributed by atoms with van der Waals surface area (Å²) in [5.41, 5.74) is 5.40. The molecule has 5 rings (SSSR count). The Morgan fingerprint density at radius 1 is 0.571 bits per heavy atom. The van der Waals surface area contributed by atoms with Crippen LogP contribution in [0.5, 0.6) is 0 Å². The van der Waals surface area contributed by atoms with Crippen LogP contribution in [0.2, 0.25) is 0 Å². The van der Waals surface area contributed by atoms with E-state index in [4.69, 9.17) is 0 Å². The summed E-state index contributed by atoms with van der Waals surface area (Å²) in [7, 11) is 0. The van der Waals surface area contributed by atoms with Gasteiger partial charge in [0.15, 0.2) is 0 Å². The highest BCUT2D eigenvalue weighted by molar-refractivity contribution is 5.80. The summed E-state index contributed by atoms with van der Waals surface area (Å²) in [6, 6.07) is 32.8. The highest BCUT2D eigenvalue weighted by Crippen LogP contribution is 2.59. The van der Waals surface area contributed by atoms with Gasteiger partial charge in [0.25, 0.3) is 5.92 Å². The van der Waals surface area contributed by atoms with Gasteiger partial charge in [-0.3, -0.25) is 0 Å². The average molecular weight is 468 g/mol. The van der Waals surface area contributed by atoms with Crippen molar-refractivity contribution in [3.63, 3.8) is 0 Å². The normalized spacial score (nSPS) is 17.1. The van der Waals surface area contributed by atoms with E-state index in [2.05, 4.69) is 54.3 Å². The molecule has 0 unspecified atom stereocenters. The molecular weight excluding hydrogens is 436 g/mol. The molecule has 1 aliphatic rings. The smallest absolute Gasteiger partial charge is 0.266 e. The van der Waals surface area contributed by atoms with E-state index in [9.17, 15) is 0 Å². The standard InChI is InChI=1S/C32H31F2N/c1-22-20-23(24-16-18-27-28(21-24)31(4,5)32(33,34)30(27,2)3)17-19-29(22)35(25-12-8-6-9-13-25)26-14-10-7-11-15-26/h6-21H,1-5H3. The van der Waals surface area contributed by atoms with Crippen molar-refractivity contribution in [3.05, 3.63) is 114 Å². The molecule has 0 N–H and O–H groups in total. The van der Waals surface area contributed by atoms with Crippen molar-refractivity contribution in [3.8, 4) is 11.1 Å². The van der Waals surface area contributed by atoms with E-state index in [1.54, 1.807) is 27.7 Å². The first-order valence-electron chi connectivity index (χ1n) is 12.1. The number of nitrogens with zero attached hydrogens (tertiary/aromatic N) is 1. The van der Waals surface area contributed by atoms with Crippen molar-refractivity contribution < 1.29 is 8.78 Å². The van der Waals surface area contributed by atoms with Gasteiger partial charge in [-0.15, -0.1) is 0 Å². The van der Waals surface area contributed by atoms with Crippen molar-refractivity contribution in [2.24, 2.45) is 0 Å². The average Bonchev–Trinajstić information content (AvgIpc) is 2.95. The second kappa shape index (κ2) is 8.05. The minimum atomic E-state index is -2.83. The predicted molar refractivity (Wildman–Crippen MR) is 142 cm³/mol. The summed E-state index contributed by atoms with van der Waals surface area (Å²) >= 11 is 0. The largest absolute Gasteiger partial charge is 0.310 e. The van der Waals surface area contributed by atoms with Crippen LogP contribution >= 0.6 is 0 Å². The van der Waals surface area contributed by atoms with Crippen LogP contribution in [0, 0.1) is 6.92 Å². The molecule has 178 valence electrons. The summed E-state index contributed by atoms with van der Waals surface area (Å²) in [6.07, 6.45) is 0. The third-order valence-electron chi connectivity index (χ3n) is 7.74. The first kappa shape index (κ1) is 23.3. The van der Waals surface area contributed by atoms with Crippen LogP contribution in [0.3, 0.4) is 0 Å². The molecule has 0 fully saturated rings. The molecule has 0 bridgehead atoms. The molecule has 3 heteroatoms. The topological polar surface area (TPSA) is 3.24 Å². The number of alkyl halides is 2. The zero-order valence-electron chi connectivity index (χ0n) is 20.9. The molecule has 0 saturated heterocycles. The van der Waals surface area contributed by atoms with Crippen molar-refractivity contribution in [1.82, 2.24) is 0 Å². The molecule has 4 aromatic carbocycles. The molecule has 0 radical (unpaired) electrons. The molecule has 0 saturated carbocycles. The Hall–Kier alpha value is -3.46. The highest BCUT2D eigenvalue weighted by Gasteiger charge is 2.65. The Kier molecular flexibility index (Phi) is 5.36. The third-order valence-corrected chi connectivity index (χ3v) is 7.74. The van der Waals surface area contributed by atoms with Crippen molar-refractivity contribution in [2.75, 3.05) is 4.90 Å². The number of rotatable bonds is 4. The van der Waals surface area contributed by atoms with Gasteiger partial charge in [-0.05, 0) is 98.8 Å². The number of fused-ring (bicyclic) bond motifs is 1. The lowest BCUT2D eigenvalue weighted by atomic mass is 9.77. The monoisotopic (exact) mass is 467 g/mol. The summed E-state index contributed by atoms with van der Waals surface area (Å²) in [6.45, 7) is 8.74. The molecule has 0 heterocycles. The summed E-state index contributed by atoms with van der Waals surface area (Å²) in [5, 5.41) is 0. The number of benzene rings is 4. The molecule has 0 aliphatic heterocycles. The van der Waals surface area contributed by atoms with E-state index >= 15 is 8.78 Å². The quantitative estimate of drug-likeness (QED) is 0.289. The number of hydrogen-bond acceptors (Lipinski definition) is 1. The Bertz CT molecular complexity index is 1330. The van der Waals surface area contributed by atoms with Gasteiger partial charge >= 0.3 is 0 Å². The lowest BCUT2D eigenvalue weighted by molar-refractivity contribution is -0.105. The number of halogens is 2. The van der Waals surface area contributed by atoms with Crippen LogP contribution in [-0.4, -0.2) is 5.92 Å². The van der Waals surface area contributed by atoms with Crippen LogP contribution in [0.4, 0.5) is 25.8 Å². The predicted octanol–water partition coefficient (Wildman–Crippen LogP) is 9.34. The zero-order chi connectivity index (χ0) is 25.0. The van der Waals surface area contributed by atoms with Gasteiger partial charge in [-0.25, -0.2) is 8.78 Å². The van der Waals surface area contributed by atoms with Crippen molar-refractivity contribution in [2.45, 2.75) is 51.4 Å². The second-order valence-electron chi connectivity index (χ2n) is 10.6. The molecule has 0 spiro atoms. The lowest BCUT2D eigenvalue weighted by Gasteiger charge is -2.35. The fraction of sp³-hybridized carbons (Fsp3) is 0.250. The van der Waals surface area contributed by atoms with E-state index in [1.807, 2.05) is 54.6 Å². The van der Waals surface area contributed by atoms with E-state index in [0.717, 1.165) is 44.9 Å². The SMILES string of the molecule is Cc1cc(-c2ccc3c(c2)C(C)(C)C(F)(F)C3(C)C)ccc1N(c1ccccc1)c1ccccc1. The van der Waals surface area contributed by atoms with Gasteiger partial charge in [-0.1, -0.05) is 60.7 Å². The summed E-state index contributed by atoms with van der Waals surface area (Å²) in [5.74, 6) is -2.83. The Morgan fingerprint density at radius 3 is 1.60 bits per heavy atom. The molecule has 35 heavy (non-hydrogen) atoms. The summed E-state index contributed by atoms with van der Waals surface area (Å²) in [4.78, 5) is 2.24. The van der Waals surface area contributed by atoms with Crippen LogP contribution in [0.25, 0.3) is 11.1 Å². The zero-order valence-corrected chi connectivity index (χ0v) is 20.9. The van der Waals surface area contributed by atoms with Gasteiger partial charge < -0.3 is 4.90 Å². The van der Waals surface area contributed by atoms with E-state index in [-0.39, 0.29) is 0 Å². The van der Waals surface area contributed by atoms with Crippen LogP contribution in [-0.2, 0) is 10.8 Å². The molecule has 0 amide bonds. The number of anilines is 3. The van der Waals surface area contributed by atoms with E-state index in [1.165, 1.54) is 0 Å². The maximum atomic E-state index is 15.3. The van der Waals surface area contributed by atoms with Gasteiger partial charge in [0.1, 0.15) is 0 Å². The molecule has 0 aromatic heterocycles. The second-order valence-corrected chi connectivity index (χ2v) is 10.6. The third kappa shape index (κ3) is 3.48. The van der Waals surface area contributed by atoms with Gasteiger partial charge in [0.05, 0.1) is 10.8 Å². The van der Waals surface area contributed by atoms with Gasteiger partial charge in [0, 0.05) is 17.1 Å². The van der Waals surface area contributed by atoms with Crippen LogP contribution in [0.15, 0.2) is 97.1 Å². The molecule has 0 atom stereocenters. The summed E-state index contributed by atoms with van der Waals surface area (Å²) < 4.78 is 30.7. The van der Waals surface area contributed by atoms with E-state index in [0.29, 0.717) is 0 Å². The van der Waals surface area contributed by atoms with Gasteiger partial charge in [0.2, 0.25) is 0 Å². The first-order chi connectivity index (χ1) is 16.6. The Balaban J connectivity index is 1.59. The fourth-order valence-corrected chi connectivity index (χ4v) is 5.57. The van der Waals surface area contributed by atoms with Crippen LogP contribution < -0.4 is 4.90 Å². The van der Waals surface area contributed by atoms with Gasteiger partial charge in [-0.2, -0.15) is 0 Å². The minimum absolute atomic E-state index is 0.738. The van der Waals surface area contributed by atoms with Crippen LogP contribution in [0.1, 0.15) is 44.4 Å². The Labute approximate surface area is 207 Å². The molecule has 1 aliphatic carbocycles. The lowest BCUT2D eigenvalue weighted by Crippen LogP contribution is -2.46. The number of aryl methyl sites for hydroxylation is 1. The maximum absolute atomic E-state index is 15.3. The fourth-order valence-electron chi connectivity index (χ4n) is 5.57. The van der Waals surface area contributed by atoms with Crippen molar-refractivity contribution >= 4 is 17.1 Å². The maximum Gasteiger partial charge on any atom is 0.266 e. The van der Waals surface area contributed by atoms with E-state index < -0.39 is 16.8 Å². The molecular formula is C32H31F2N. The Morgan fingerprint density at radius 2 is 1.06 bits per heavy atom. The first-order valence-corrected chi connectivity index (χ1v) is 12.1. The number of hydrogen-bond donors (Lipinski definition) is 0. The minimum Gasteiger partial charge on any atom is -0.310 e. The molecule has 4 aromatic rings.